The number of aryl methyl sites for hydroxylation is 1. The van der Waals surface area contributed by atoms with Crippen LogP contribution in [0.5, 0.6) is 11.5 Å². The van der Waals surface area contributed by atoms with Gasteiger partial charge in [0, 0.05) is 11.7 Å². The number of anilines is 1. The van der Waals surface area contributed by atoms with Gasteiger partial charge in [-0.1, -0.05) is 30.3 Å². The summed E-state index contributed by atoms with van der Waals surface area (Å²) < 4.78 is 24.1. The minimum absolute atomic E-state index is 0.194. The van der Waals surface area contributed by atoms with E-state index >= 15 is 0 Å². The first-order valence-electron chi connectivity index (χ1n) is 9.82. The first-order chi connectivity index (χ1) is 14.5. The Morgan fingerprint density at radius 2 is 1.70 bits per heavy atom. The van der Waals surface area contributed by atoms with Crippen molar-refractivity contribution in [3.05, 3.63) is 89.2 Å². The SMILES string of the molecule is Cc1cccc(NC(=O)N[C@@H](Cc2ccc(F)cc2)Cc2ccc3c(c2)OCO3)c1. The van der Waals surface area contributed by atoms with Crippen molar-refractivity contribution in [2.24, 2.45) is 0 Å². The van der Waals surface area contributed by atoms with E-state index in [2.05, 4.69) is 10.6 Å². The second kappa shape index (κ2) is 8.86. The number of urea groups is 1. The number of carbonyl (C=O) groups excluding carboxylic acids is 1. The molecule has 0 spiro atoms. The molecule has 6 heteroatoms. The number of hydrogen-bond donors (Lipinski definition) is 2. The lowest BCUT2D eigenvalue weighted by atomic mass is 9.98. The van der Waals surface area contributed by atoms with Gasteiger partial charge in [0.1, 0.15) is 5.82 Å². The fourth-order valence-corrected chi connectivity index (χ4v) is 3.51. The maximum absolute atomic E-state index is 13.3. The maximum atomic E-state index is 13.3. The molecule has 1 atom stereocenters. The molecule has 0 fully saturated rings. The van der Waals surface area contributed by atoms with Crippen LogP contribution in [0, 0.1) is 12.7 Å². The Labute approximate surface area is 174 Å². The summed E-state index contributed by atoms with van der Waals surface area (Å²) in [6, 6.07) is 19.3. The van der Waals surface area contributed by atoms with Crippen LogP contribution in [0.3, 0.4) is 0 Å². The second-order valence-corrected chi connectivity index (χ2v) is 7.39. The van der Waals surface area contributed by atoms with Crippen LogP contribution in [-0.2, 0) is 12.8 Å². The van der Waals surface area contributed by atoms with Crippen molar-refractivity contribution in [1.29, 1.82) is 0 Å². The summed E-state index contributed by atoms with van der Waals surface area (Å²) in [5.74, 6) is 1.15. The Kier molecular flexibility index (Phi) is 5.84. The highest BCUT2D eigenvalue weighted by molar-refractivity contribution is 5.89. The van der Waals surface area contributed by atoms with Crippen molar-refractivity contribution in [2.45, 2.75) is 25.8 Å². The van der Waals surface area contributed by atoms with Crippen LogP contribution in [0.1, 0.15) is 16.7 Å². The fraction of sp³-hybridized carbons (Fsp3) is 0.208. The average Bonchev–Trinajstić information content (AvgIpc) is 3.17. The van der Waals surface area contributed by atoms with Gasteiger partial charge >= 0.3 is 6.03 Å². The maximum Gasteiger partial charge on any atom is 0.319 e. The van der Waals surface area contributed by atoms with Gasteiger partial charge in [0.2, 0.25) is 6.79 Å². The van der Waals surface area contributed by atoms with Crippen LogP contribution < -0.4 is 20.1 Å². The minimum atomic E-state index is -0.284. The summed E-state index contributed by atoms with van der Waals surface area (Å²) >= 11 is 0. The van der Waals surface area contributed by atoms with E-state index in [1.807, 2.05) is 49.4 Å². The zero-order chi connectivity index (χ0) is 20.9. The molecule has 0 bridgehead atoms. The van der Waals surface area contributed by atoms with E-state index in [1.165, 1.54) is 12.1 Å². The van der Waals surface area contributed by atoms with Gasteiger partial charge in [0.25, 0.3) is 0 Å². The molecule has 0 aromatic heterocycles. The van der Waals surface area contributed by atoms with Crippen LogP contribution in [0.4, 0.5) is 14.9 Å². The van der Waals surface area contributed by atoms with Gasteiger partial charge in [0.05, 0.1) is 0 Å². The largest absolute Gasteiger partial charge is 0.454 e. The molecule has 0 aliphatic carbocycles. The Morgan fingerprint density at radius 1 is 0.967 bits per heavy atom. The summed E-state index contributed by atoms with van der Waals surface area (Å²) in [6.45, 7) is 2.19. The fourth-order valence-electron chi connectivity index (χ4n) is 3.51. The number of benzene rings is 3. The van der Waals surface area contributed by atoms with E-state index in [-0.39, 0.29) is 24.7 Å². The lowest BCUT2D eigenvalue weighted by Crippen LogP contribution is -2.40. The van der Waals surface area contributed by atoms with Crippen molar-refractivity contribution < 1.29 is 18.7 Å². The quantitative estimate of drug-likeness (QED) is 0.616. The van der Waals surface area contributed by atoms with E-state index in [0.717, 1.165) is 28.1 Å². The number of amides is 2. The monoisotopic (exact) mass is 406 g/mol. The number of fused-ring (bicyclic) bond motifs is 1. The van der Waals surface area contributed by atoms with Crippen LogP contribution in [0.2, 0.25) is 0 Å². The molecular formula is C24H23FN2O3. The lowest BCUT2D eigenvalue weighted by Gasteiger charge is -2.20. The highest BCUT2D eigenvalue weighted by Crippen LogP contribution is 2.33. The van der Waals surface area contributed by atoms with E-state index in [4.69, 9.17) is 9.47 Å². The molecule has 0 radical (unpaired) electrons. The molecule has 154 valence electrons. The van der Waals surface area contributed by atoms with Crippen LogP contribution >= 0.6 is 0 Å². The van der Waals surface area contributed by atoms with Crippen molar-refractivity contribution in [1.82, 2.24) is 5.32 Å². The topological polar surface area (TPSA) is 59.6 Å². The Bertz CT molecular complexity index is 1040. The van der Waals surface area contributed by atoms with Gasteiger partial charge in [0.15, 0.2) is 11.5 Å². The molecule has 2 amide bonds. The molecule has 0 saturated heterocycles. The molecule has 3 aromatic carbocycles. The Morgan fingerprint density at radius 3 is 2.50 bits per heavy atom. The molecule has 1 heterocycles. The average molecular weight is 406 g/mol. The summed E-state index contributed by atoms with van der Waals surface area (Å²) in [6.07, 6.45) is 1.16. The summed E-state index contributed by atoms with van der Waals surface area (Å²) in [4.78, 5) is 12.6. The van der Waals surface area contributed by atoms with Crippen LogP contribution in [-0.4, -0.2) is 18.9 Å². The third kappa shape index (κ3) is 5.08. The van der Waals surface area contributed by atoms with E-state index < -0.39 is 0 Å². The second-order valence-electron chi connectivity index (χ2n) is 7.39. The smallest absolute Gasteiger partial charge is 0.319 e. The number of hydrogen-bond acceptors (Lipinski definition) is 3. The highest BCUT2D eigenvalue weighted by atomic mass is 19.1. The molecule has 0 unspecified atom stereocenters. The van der Waals surface area contributed by atoms with E-state index in [0.29, 0.717) is 18.6 Å². The van der Waals surface area contributed by atoms with Crippen molar-refractivity contribution >= 4 is 11.7 Å². The summed E-state index contributed by atoms with van der Waals surface area (Å²) in [5, 5.41) is 5.93. The summed E-state index contributed by atoms with van der Waals surface area (Å²) in [7, 11) is 0. The van der Waals surface area contributed by atoms with E-state index in [9.17, 15) is 9.18 Å². The number of carbonyl (C=O) groups is 1. The Hall–Kier alpha value is -3.54. The van der Waals surface area contributed by atoms with Gasteiger partial charge in [-0.2, -0.15) is 0 Å². The molecule has 5 nitrogen and oxygen atoms in total. The normalized spacial score (nSPS) is 13.0. The zero-order valence-corrected chi connectivity index (χ0v) is 16.7. The van der Waals surface area contributed by atoms with Crippen LogP contribution in [0.15, 0.2) is 66.7 Å². The highest BCUT2D eigenvalue weighted by Gasteiger charge is 2.18. The molecule has 1 aliphatic rings. The molecule has 0 saturated carbocycles. The molecule has 2 N–H and O–H groups in total. The number of rotatable bonds is 6. The van der Waals surface area contributed by atoms with Crippen LogP contribution in [0.25, 0.3) is 0 Å². The molecule has 30 heavy (non-hydrogen) atoms. The molecule has 1 aliphatic heterocycles. The first-order valence-corrected chi connectivity index (χ1v) is 9.82. The Balaban J connectivity index is 1.48. The predicted molar refractivity (Wildman–Crippen MR) is 113 cm³/mol. The summed E-state index contributed by atoms with van der Waals surface area (Å²) in [5.41, 5.74) is 3.76. The zero-order valence-electron chi connectivity index (χ0n) is 16.7. The number of nitrogens with one attached hydrogen (secondary N) is 2. The van der Waals surface area contributed by atoms with Crippen molar-refractivity contribution in [3.63, 3.8) is 0 Å². The molecule has 3 aromatic rings. The third-order valence-corrected chi connectivity index (χ3v) is 4.93. The van der Waals surface area contributed by atoms with Gasteiger partial charge in [-0.3, -0.25) is 0 Å². The molecule has 4 rings (SSSR count). The standard InChI is InChI=1S/C24H23FN2O3/c1-16-3-2-4-20(11-16)26-24(28)27-21(12-17-5-8-19(25)9-6-17)13-18-7-10-22-23(14-18)30-15-29-22/h2-11,14,21H,12-13,15H2,1H3,(H2,26,27,28)/t21-/m0/s1. The minimum Gasteiger partial charge on any atom is -0.454 e. The van der Waals surface area contributed by atoms with Gasteiger partial charge in [-0.25, -0.2) is 9.18 Å². The van der Waals surface area contributed by atoms with Gasteiger partial charge in [-0.05, 0) is 72.9 Å². The lowest BCUT2D eigenvalue weighted by molar-refractivity contribution is 0.174. The van der Waals surface area contributed by atoms with Gasteiger partial charge < -0.3 is 20.1 Å². The number of halogens is 1. The van der Waals surface area contributed by atoms with Gasteiger partial charge in [-0.15, -0.1) is 0 Å². The predicted octanol–water partition coefficient (Wildman–Crippen LogP) is 4.84. The molecular weight excluding hydrogens is 383 g/mol. The first kappa shape index (κ1) is 19.8. The number of ether oxygens (including phenoxy) is 2. The van der Waals surface area contributed by atoms with Crippen molar-refractivity contribution in [2.75, 3.05) is 12.1 Å². The van der Waals surface area contributed by atoms with E-state index in [1.54, 1.807) is 12.1 Å². The third-order valence-electron chi connectivity index (χ3n) is 4.93. The van der Waals surface area contributed by atoms with Crippen molar-refractivity contribution in [3.8, 4) is 11.5 Å².